The second kappa shape index (κ2) is 6.43. The van der Waals surface area contributed by atoms with Gasteiger partial charge in [0, 0.05) is 0 Å². The predicted octanol–water partition coefficient (Wildman–Crippen LogP) is 2.52. The summed E-state index contributed by atoms with van der Waals surface area (Å²) in [5.41, 5.74) is 0.868. The number of halogens is 1. The van der Waals surface area contributed by atoms with E-state index >= 15 is 0 Å². The maximum Gasteiger partial charge on any atom is 0.169 e. The van der Waals surface area contributed by atoms with Crippen LogP contribution in [0.25, 0.3) is 0 Å². The first kappa shape index (κ1) is 9.31. The number of rotatable bonds is 5. The number of carbonyl (C=O) groups is 1. The minimum atomic E-state index is -0.798. The predicted molar refractivity (Wildman–Crippen MR) is 46.0 cm³/mol. The van der Waals surface area contributed by atoms with Crippen LogP contribution in [-0.2, 0) is 4.79 Å². The van der Waals surface area contributed by atoms with E-state index in [-0.39, 0.29) is 0 Å². The van der Waals surface area contributed by atoms with Gasteiger partial charge in [-0.05, 0) is 12.2 Å². The Morgan fingerprint density at radius 2 is 2.22 bits per heavy atom. The molecule has 1 nitrogen and oxygen atoms in total. The lowest BCUT2D eigenvalue weighted by Crippen LogP contribution is -1.82. The van der Waals surface area contributed by atoms with Gasteiger partial charge in [-0.3, -0.25) is 4.79 Å². The highest BCUT2D eigenvalue weighted by molar-refractivity contribution is 8.45. The van der Waals surface area contributed by atoms with Gasteiger partial charge in [0.15, 0.2) is 5.62 Å². The fourth-order valence-corrected chi connectivity index (χ4v) is 1.56. The Labute approximate surface area is 63.6 Å². The van der Waals surface area contributed by atoms with Crippen molar-refractivity contribution in [2.24, 2.45) is 0 Å². The van der Waals surface area contributed by atoms with Gasteiger partial charge in [0.25, 0.3) is 0 Å². The Balaban J connectivity index is 2.96. The van der Waals surface area contributed by atoms with Gasteiger partial charge in [0.05, 0.1) is 0 Å². The van der Waals surface area contributed by atoms with E-state index in [2.05, 4.69) is 6.92 Å². The molecule has 0 radical (unpaired) electrons. The Morgan fingerprint density at radius 1 is 1.56 bits per heavy atom. The van der Waals surface area contributed by atoms with E-state index in [9.17, 15) is 4.79 Å². The molecule has 0 aliphatic heterocycles. The normalized spacial score (nSPS) is 15.1. The molecule has 0 aliphatic rings. The minimum Gasteiger partial charge on any atom is -0.292 e. The quantitative estimate of drug-likeness (QED) is 0.379. The summed E-state index contributed by atoms with van der Waals surface area (Å²) >= 11 is 0. The smallest absolute Gasteiger partial charge is 0.169 e. The summed E-state index contributed by atoms with van der Waals surface area (Å²) in [6.45, 7) is 2.14. The lowest BCUT2D eigenvalue weighted by Gasteiger charge is -2.01. The molecule has 0 bridgehead atoms. The summed E-state index contributed by atoms with van der Waals surface area (Å²) in [6, 6.07) is 0. The molecular weight excluding hydrogens is 156 g/mol. The highest BCUT2D eigenvalue weighted by Gasteiger charge is 1.94. The van der Waals surface area contributed by atoms with Crippen LogP contribution < -0.4 is 0 Å². The van der Waals surface area contributed by atoms with Gasteiger partial charge in [-0.15, -0.1) is 10.1 Å². The van der Waals surface area contributed by atoms with Gasteiger partial charge in [-0.1, -0.05) is 30.4 Å². The summed E-state index contributed by atoms with van der Waals surface area (Å²) in [4.78, 5) is 10.00. The van der Waals surface area contributed by atoms with Crippen LogP contribution in [0.15, 0.2) is 0 Å². The van der Waals surface area contributed by atoms with Crippen molar-refractivity contribution in [3.63, 3.8) is 0 Å². The summed E-state index contributed by atoms with van der Waals surface area (Å²) in [7, 11) is 4.80. The largest absolute Gasteiger partial charge is 0.292 e. The van der Waals surface area contributed by atoms with Crippen LogP contribution >= 0.6 is 20.8 Å². The zero-order valence-electron chi connectivity index (χ0n) is 5.64. The molecule has 1 atom stereocenters. The fourth-order valence-electron chi connectivity index (χ4n) is 0.566. The molecular formula is C6H13ClOS. The SMILES string of the molecule is CCCCC[SH](Cl)C=O. The van der Waals surface area contributed by atoms with Crippen LogP contribution in [0, 0.1) is 0 Å². The monoisotopic (exact) mass is 168 g/mol. The van der Waals surface area contributed by atoms with Crippen molar-refractivity contribution < 1.29 is 4.79 Å². The van der Waals surface area contributed by atoms with Gasteiger partial charge in [0.2, 0.25) is 0 Å². The number of unbranched alkanes of at least 4 members (excludes halogenated alkanes) is 2. The van der Waals surface area contributed by atoms with Crippen LogP contribution in [0.1, 0.15) is 26.2 Å². The molecule has 3 heteroatoms. The van der Waals surface area contributed by atoms with Gasteiger partial charge in [-0.2, -0.15) is 0 Å². The Morgan fingerprint density at radius 3 is 2.67 bits per heavy atom. The third-order valence-corrected chi connectivity index (χ3v) is 2.81. The van der Waals surface area contributed by atoms with Crippen LogP contribution in [0.5, 0.6) is 0 Å². The van der Waals surface area contributed by atoms with Crippen LogP contribution in [0.4, 0.5) is 0 Å². The van der Waals surface area contributed by atoms with Crippen LogP contribution in [-0.4, -0.2) is 11.4 Å². The molecule has 0 saturated carbocycles. The maximum absolute atomic E-state index is 10.00. The van der Waals surface area contributed by atoms with E-state index < -0.39 is 10.1 Å². The van der Waals surface area contributed by atoms with Crippen molar-refractivity contribution in [2.45, 2.75) is 26.2 Å². The fraction of sp³-hybridized carbons (Fsp3) is 0.833. The number of hydrogen-bond acceptors (Lipinski definition) is 1. The van der Waals surface area contributed by atoms with E-state index in [1.807, 2.05) is 0 Å². The third-order valence-electron chi connectivity index (χ3n) is 1.09. The lowest BCUT2D eigenvalue weighted by atomic mass is 10.3. The minimum absolute atomic E-state index is 0.798. The molecule has 0 aliphatic carbocycles. The van der Waals surface area contributed by atoms with E-state index in [1.165, 1.54) is 12.8 Å². The Bertz CT molecular complexity index is 77.5. The molecule has 1 unspecified atom stereocenters. The molecule has 0 saturated heterocycles. The number of hydrogen-bond donors (Lipinski definition) is 1. The molecule has 0 amide bonds. The second-order valence-electron chi connectivity index (χ2n) is 1.94. The van der Waals surface area contributed by atoms with Crippen molar-refractivity contribution in [1.82, 2.24) is 0 Å². The third kappa shape index (κ3) is 6.19. The molecule has 0 heterocycles. The Kier molecular flexibility index (Phi) is 6.65. The number of carbonyl (C=O) groups excluding carboxylic acids is 1. The summed E-state index contributed by atoms with van der Waals surface area (Å²) in [5.74, 6) is 0.897. The van der Waals surface area contributed by atoms with Crippen LogP contribution in [0.3, 0.4) is 0 Å². The van der Waals surface area contributed by atoms with Crippen molar-refractivity contribution in [1.29, 1.82) is 0 Å². The molecule has 0 aromatic rings. The van der Waals surface area contributed by atoms with E-state index in [1.54, 1.807) is 0 Å². The highest BCUT2D eigenvalue weighted by atomic mass is 35.7. The van der Waals surface area contributed by atoms with E-state index in [4.69, 9.17) is 10.7 Å². The second-order valence-corrected chi connectivity index (χ2v) is 4.70. The molecule has 0 rings (SSSR count). The molecule has 0 spiro atoms. The van der Waals surface area contributed by atoms with Gasteiger partial charge < -0.3 is 0 Å². The van der Waals surface area contributed by atoms with Crippen LogP contribution in [0.2, 0.25) is 0 Å². The van der Waals surface area contributed by atoms with Crippen molar-refractivity contribution >= 4 is 26.4 Å². The van der Waals surface area contributed by atoms with E-state index in [0.717, 1.165) is 17.8 Å². The first-order valence-corrected chi connectivity index (χ1v) is 5.69. The molecule has 0 aromatic heterocycles. The molecule has 56 valence electrons. The zero-order chi connectivity index (χ0) is 7.11. The molecule has 0 N–H and O–H groups in total. The standard InChI is InChI=1S/C6H13ClOS/c1-2-3-4-5-9(7)6-8/h6,9H,2-5H2,1H3. The maximum atomic E-state index is 10.00. The van der Waals surface area contributed by atoms with Gasteiger partial charge >= 0.3 is 0 Å². The lowest BCUT2D eigenvalue weighted by molar-refractivity contribution is 0.569. The first-order valence-electron chi connectivity index (χ1n) is 3.19. The summed E-state index contributed by atoms with van der Waals surface area (Å²) in [6.07, 6.45) is 3.49. The first-order chi connectivity index (χ1) is 4.31. The van der Waals surface area contributed by atoms with E-state index in [0.29, 0.717) is 0 Å². The van der Waals surface area contributed by atoms with Crippen molar-refractivity contribution in [3.05, 3.63) is 0 Å². The van der Waals surface area contributed by atoms with Gasteiger partial charge in [-0.25, -0.2) is 0 Å². The average Bonchev–Trinajstić information content (AvgIpc) is 1.89. The van der Waals surface area contributed by atoms with Gasteiger partial charge in [0.1, 0.15) is 0 Å². The molecule has 0 aromatic carbocycles. The zero-order valence-corrected chi connectivity index (χ0v) is 7.29. The topological polar surface area (TPSA) is 17.1 Å². The molecule has 0 fully saturated rings. The van der Waals surface area contributed by atoms with Crippen molar-refractivity contribution in [2.75, 3.05) is 5.75 Å². The molecule has 9 heavy (non-hydrogen) atoms. The number of thiol groups is 1. The summed E-state index contributed by atoms with van der Waals surface area (Å²) < 4.78 is 0. The van der Waals surface area contributed by atoms with Crippen molar-refractivity contribution in [3.8, 4) is 0 Å². The Hall–Kier alpha value is 0.310. The highest BCUT2D eigenvalue weighted by Crippen LogP contribution is 2.27. The average molecular weight is 169 g/mol. The summed E-state index contributed by atoms with van der Waals surface area (Å²) in [5, 5.41) is 0.